The van der Waals surface area contributed by atoms with Crippen LogP contribution in [0.1, 0.15) is 74.4 Å². The summed E-state index contributed by atoms with van der Waals surface area (Å²) in [7, 11) is 0. The molecular weight excluding hydrogens is 492 g/mol. The van der Waals surface area contributed by atoms with Gasteiger partial charge in [-0.2, -0.15) is 0 Å². The van der Waals surface area contributed by atoms with Crippen molar-refractivity contribution in [1.82, 2.24) is 0 Å². The quantitative estimate of drug-likeness (QED) is 0.307. The number of ether oxygens (including phenoxy) is 3. The molecule has 1 N–H and O–H groups in total. The lowest BCUT2D eigenvalue weighted by atomic mass is 9.87. The Balaban J connectivity index is 1.56. The predicted molar refractivity (Wildman–Crippen MR) is 136 cm³/mol. The number of hydrogen-bond acceptors (Lipinski definition) is 8. The third kappa shape index (κ3) is 5.10. The minimum atomic E-state index is -1.42. The first-order valence-corrected chi connectivity index (χ1v) is 12.9. The van der Waals surface area contributed by atoms with Gasteiger partial charge >= 0.3 is 23.5 Å². The van der Waals surface area contributed by atoms with Gasteiger partial charge in [0.1, 0.15) is 22.5 Å². The van der Waals surface area contributed by atoms with Gasteiger partial charge in [0.25, 0.3) is 0 Å². The molecule has 2 aromatic rings. The summed E-state index contributed by atoms with van der Waals surface area (Å²) in [6, 6.07) is 4.38. The van der Waals surface area contributed by atoms with E-state index in [9.17, 15) is 24.3 Å². The summed E-state index contributed by atoms with van der Waals surface area (Å²) in [5.41, 5.74) is -2.42. The van der Waals surface area contributed by atoms with Crippen LogP contribution in [-0.4, -0.2) is 34.7 Å². The summed E-state index contributed by atoms with van der Waals surface area (Å²) < 4.78 is 23.6. The number of carboxylic acid groups (broad SMARTS) is 1. The molecule has 0 saturated heterocycles. The van der Waals surface area contributed by atoms with E-state index in [2.05, 4.69) is 0 Å². The van der Waals surface area contributed by atoms with E-state index >= 15 is 0 Å². The van der Waals surface area contributed by atoms with Crippen LogP contribution < -0.4 is 10.4 Å². The lowest BCUT2D eigenvalue weighted by molar-refractivity contribution is -0.191. The maximum atomic E-state index is 13.1. The second-order valence-electron chi connectivity index (χ2n) is 10.6. The summed E-state index contributed by atoms with van der Waals surface area (Å²) in [4.78, 5) is 50.2. The van der Waals surface area contributed by atoms with Gasteiger partial charge in [0.05, 0.1) is 18.4 Å². The molecule has 2 aliphatic carbocycles. The van der Waals surface area contributed by atoms with E-state index < -0.39 is 46.9 Å². The molecule has 5 rings (SSSR count). The van der Waals surface area contributed by atoms with Gasteiger partial charge in [-0.05, 0) is 69.6 Å². The van der Waals surface area contributed by atoms with E-state index in [1.807, 2.05) is 24.3 Å². The first-order valence-electron chi connectivity index (χ1n) is 12.9. The zero-order valence-corrected chi connectivity index (χ0v) is 21.3. The molecule has 2 heterocycles. The molecule has 3 aliphatic rings. The Kier molecular flexibility index (Phi) is 6.86. The Hall–Kier alpha value is -3.88. The van der Waals surface area contributed by atoms with Crippen LogP contribution in [-0.2, 0) is 19.1 Å². The molecule has 0 bridgehead atoms. The maximum Gasteiger partial charge on any atom is 0.351 e. The largest absolute Gasteiger partial charge is 0.483 e. The Labute approximate surface area is 219 Å². The number of carbonyl (C=O) groups is 3. The monoisotopic (exact) mass is 522 g/mol. The average Bonchev–Trinajstić information content (AvgIpc) is 3.54. The number of aromatic carboxylic acids is 1. The Morgan fingerprint density at radius 2 is 1.63 bits per heavy atom. The summed E-state index contributed by atoms with van der Waals surface area (Å²) in [5.74, 6) is -1.95. The van der Waals surface area contributed by atoms with Crippen LogP contribution in [0.25, 0.3) is 11.0 Å². The van der Waals surface area contributed by atoms with Crippen molar-refractivity contribution in [1.29, 1.82) is 0 Å². The van der Waals surface area contributed by atoms with Crippen molar-refractivity contribution in [2.24, 2.45) is 11.8 Å². The fourth-order valence-corrected chi connectivity index (χ4v) is 5.42. The second kappa shape index (κ2) is 10.1. The molecule has 9 heteroatoms. The third-order valence-corrected chi connectivity index (χ3v) is 7.35. The van der Waals surface area contributed by atoms with Crippen LogP contribution in [0.3, 0.4) is 0 Å². The van der Waals surface area contributed by atoms with Crippen LogP contribution in [0.2, 0.25) is 0 Å². The van der Waals surface area contributed by atoms with E-state index in [4.69, 9.17) is 18.6 Å². The average molecular weight is 523 g/mol. The normalized spacial score (nSPS) is 25.1. The highest BCUT2D eigenvalue weighted by molar-refractivity contribution is 5.93. The van der Waals surface area contributed by atoms with Crippen molar-refractivity contribution in [3.8, 4) is 5.75 Å². The minimum absolute atomic E-state index is 0.0198. The van der Waals surface area contributed by atoms with Crippen molar-refractivity contribution >= 4 is 28.9 Å². The Morgan fingerprint density at radius 3 is 2.21 bits per heavy atom. The standard InChI is InChI=1S/C29H30O9/c1-29(2)26(36-22(31)14-17-9-5-6-10-17)25(35-21(30)13-16-7-3-4-8-16)23-20(38-29)12-11-18-15-19(27(32)33)28(34)37-24(18)23/h3,5,7,9,11-12,15-17,25-26H,4,6,8,10,13-14H2,1-2H3,(H,32,33)/t16?,17?,25-,26-/m1/s1. The Bertz CT molecular complexity index is 1400. The van der Waals surface area contributed by atoms with Gasteiger partial charge in [0.2, 0.25) is 0 Å². The fourth-order valence-electron chi connectivity index (χ4n) is 5.42. The van der Waals surface area contributed by atoms with Crippen LogP contribution in [0.5, 0.6) is 5.75 Å². The molecule has 0 radical (unpaired) electrons. The number of esters is 2. The number of carboxylic acids is 1. The van der Waals surface area contributed by atoms with E-state index in [1.165, 1.54) is 6.07 Å². The molecular formula is C29H30O9. The number of allylic oxidation sites excluding steroid dienone is 4. The third-order valence-electron chi connectivity index (χ3n) is 7.35. The lowest BCUT2D eigenvalue weighted by Crippen LogP contribution is -2.52. The predicted octanol–water partition coefficient (Wildman–Crippen LogP) is 4.87. The molecule has 9 nitrogen and oxygen atoms in total. The van der Waals surface area contributed by atoms with E-state index in [0.717, 1.165) is 25.7 Å². The van der Waals surface area contributed by atoms with Gasteiger partial charge in [-0.1, -0.05) is 24.3 Å². The molecule has 0 fully saturated rings. The highest BCUT2D eigenvalue weighted by Gasteiger charge is 2.50. The van der Waals surface area contributed by atoms with E-state index in [1.54, 1.807) is 26.0 Å². The minimum Gasteiger partial charge on any atom is -0.483 e. The van der Waals surface area contributed by atoms with Gasteiger partial charge in [-0.3, -0.25) is 9.59 Å². The van der Waals surface area contributed by atoms with Gasteiger partial charge in [0, 0.05) is 5.39 Å². The number of hydrogen-bond donors (Lipinski definition) is 1. The highest BCUT2D eigenvalue weighted by atomic mass is 16.6. The molecule has 4 atom stereocenters. The number of carbonyl (C=O) groups excluding carboxylic acids is 2. The van der Waals surface area contributed by atoms with Crippen LogP contribution in [0, 0.1) is 11.8 Å². The van der Waals surface area contributed by atoms with Crippen LogP contribution in [0.15, 0.2) is 51.7 Å². The zero-order valence-electron chi connectivity index (χ0n) is 21.3. The lowest BCUT2D eigenvalue weighted by Gasteiger charge is -2.43. The van der Waals surface area contributed by atoms with Crippen LogP contribution in [0.4, 0.5) is 0 Å². The number of rotatable bonds is 7. The molecule has 1 aromatic heterocycles. The van der Waals surface area contributed by atoms with Crippen molar-refractivity contribution < 1.29 is 38.1 Å². The molecule has 0 amide bonds. The summed E-state index contributed by atoms with van der Waals surface area (Å²) in [6.07, 6.45) is 9.66. The first kappa shape index (κ1) is 25.8. The number of benzene rings is 1. The molecule has 1 aliphatic heterocycles. The second-order valence-corrected chi connectivity index (χ2v) is 10.6. The summed E-state index contributed by atoms with van der Waals surface area (Å²) in [5, 5.41) is 9.69. The zero-order chi connectivity index (χ0) is 27.0. The highest BCUT2D eigenvalue weighted by Crippen LogP contribution is 2.47. The summed E-state index contributed by atoms with van der Waals surface area (Å²) >= 11 is 0. The van der Waals surface area contributed by atoms with Gasteiger partial charge in [-0.25, -0.2) is 9.59 Å². The van der Waals surface area contributed by atoms with E-state index in [0.29, 0.717) is 11.1 Å². The SMILES string of the molecule is CC1(C)Oc2ccc3cc(C(=O)O)c(=O)oc3c2[C@@H](OC(=O)CC2C=CCC2)[C@H]1OC(=O)CC1C=CCC1. The van der Waals surface area contributed by atoms with Gasteiger partial charge in [0.15, 0.2) is 12.2 Å². The van der Waals surface area contributed by atoms with Gasteiger partial charge in [-0.15, -0.1) is 0 Å². The topological polar surface area (TPSA) is 129 Å². The van der Waals surface area contributed by atoms with Crippen molar-refractivity contribution in [3.05, 3.63) is 64.1 Å². The fraction of sp³-hybridized carbons (Fsp3) is 0.448. The summed E-state index contributed by atoms with van der Waals surface area (Å²) in [6.45, 7) is 3.47. The number of fused-ring (bicyclic) bond motifs is 3. The van der Waals surface area contributed by atoms with Gasteiger partial charge < -0.3 is 23.7 Å². The van der Waals surface area contributed by atoms with Crippen molar-refractivity contribution in [2.75, 3.05) is 0 Å². The first-order chi connectivity index (χ1) is 18.1. The van der Waals surface area contributed by atoms with E-state index in [-0.39, 0.29) is 35.8 Å². The Morgan fingerprint density at radius 1 is 1.00 bits per heavy atom. The van der Waals surface area contributed by atoms with Crippen molar-refractivity contribution in [2.45, 2.75) is 70.2 Å². The molecule has 0 spiro atoms. The molecule has 1 aromatic carbocycles. The van der Waals surface area contributed by atoms with Crippen molar-refractivity contribution in [3.63, 3.8) is 0 Å². The molecule has 38 heavy (non-hydrogen) atoms. The molecule has 0 saturated carbocycles. The smallest absolute Gasteiger partial charge is 0.351 e. The van der Waals surface area contributed by atoms with Crippen LogP contribution >= 0.6 is 0 Å². The maximum absolute atomic E-state index is 13.1. The molecule has 2 unspecified atom stereocenters. The molecule has 200 valence electrons.